The van der Waals surface area contributed by atoms with Gasteiger partial charge < -0.3 is 10.6 Å². The van der Waals surface area contributed by atoms with Crippen LogP contribution in [0.15, 0.2) is 24.3 Å². The number of unbranched alkanes of at least 4 members (excludes halogenated alkanes) is 2. The SMILES string of the molecule is CC(C)Nc1ccccc1C(=O)NCCCCC#N. The highest BCUT2D eigenvalue weighted by Gasteiger charge is 2.10. The van der Waals surface area contributed by atoms with Crippen LogP contribution >= 0.6 is 0 Å². The second-order valence-corrected chi connectivity index (χ2v) is 4.72. The summed E-state index contributed by atoms with van der Waals surface area (Å²) in [6.45, 7) is 4.68. The van der Waals surface area contributed by atoms with E-state index in [9.17, 15) is 4.79 Å². The Morgan fingerprint density at radius 1 is 1.32 bits per heavy atom. The van der Waals surface area contributed by atoms with Gasteiger partial charge in [0, 0.05) is 24.7 Å². The summed E-state index contributed by atoms with van der Waals surface area (Å²) in [5.41, 5.74) is 1.52. The summed E-state index contributed by atoms with van der Waals surface area (Å²) in [5, 5.41) is 14.6. The van der Waals surface area contributed by atoms with E-state index < -0.39 is 0 Å². The van der Waals surface area contributed by atoms with Crippen molar-refractivity contribution in [2.45, 2.75) is 39.2 Å². The number of amides is 1. The fourth-order valence-corrected chi connectivity index (χ4v) is 1.74. The molecule has 0 heterocycles. The van der Waals surface area contributed by atoms with Crippen LogP contribution in [-0.2, 0) is 0 Å². The van der Waals surface area contributed by atoms with Crippen molar-refractivity contribution >= 4 is 11.6 Å². The van der Waals surface area contributed by atoms with E-state index >= 15 is 0 Å². The summed E-state index contributed by atoms with van der Waals surface area (Å²) in [6, 6.07) is 9.87. The zero-order valence-electron chi connectivity index (χ0n) is 11.6. The second kappa shape index (κ2) is 8.15. The molecule has 1 aromatic carbocycles. The highest BCUT2D eigenvalue weighted by Crippen LogP contribution is 2.15. The van der Waals surface area contributed by atoms with E-state index in [1.165, 1.54) is 0 Å². The number of nitrogens with one attached hydrogen (secondary N) is 2. The Hall–Kier alpha value is -2.02. The van der Waals surface area contributed by atoms with Gasteiger partial charge in [-0.1, -0.05) is 12.1 Å². The number of hydrogen-bond donors (Lipinski definition) is 2. The smallest absolute Gasteiger partial charge is 0.253 e. The van der Waals surface area contributed by atoms with Gasteiger partial charge in [-0.3, -0.25) is 4.79 Å². The van der Waals surface area contributed by atoms with E-state index in [4.69, 9.17) is 5.26 Å². The minimum atomic E-state index is -0.0688. The molecule has 0 radical (unpaired) electrons. The molecule has 2 N–H and O–H groups in total. The molecule has 1 amide bonds. The molecule has 0 fully saturated rings. The van der Waals surface area contributed by atoms with Crippen LogP contribution in [0, 0.1) is 11.3 Å². The quantitative estimate of drug-likeness (QED) is 0.740. The molecular weight excluding hydrogens is 238 g/mol. The van der Waals surface area contributed by atoms with Gasteiger partial charge in [0.25, 0.3) is 5.91 Å². The molecule has 0 aliphatic carbocycles. The molecule has 0 saturated heterocycles. The Morgan fingerprint density at radius 3 is 2.74 bits per heavy atom. The van der Waals surface area contributed by atoms with E-state index in [1.807, 2.05) is 38.1 Å². The first-order valence-corrected chi connectivity index (χ1v) is 6.66. The van der Waals surface area contributed by atoms with E-state index in [0.29, 0.717) is 18.5 Å². The minimum absolute atomic E-state index is 0.0688. The number of carbonyl (C=O) groups excluding carboxylic acids is 1. The van der Waals surface area contributed by atoms with Crippen LogP contribution in [0.3, 0.4) is 0 Å². The van der Waals surface area contributed by atoms with E-state index in [0.717, 1.165) is 18.5 Å². The lowest BCUT2D eigenvalue weighted by Crippen LogP contribution is -2.26. The van der Waals surface area contributed by atoms with Crippen molar-refractivity contribution in [2.75, 3.05) is 11.9 Å². The molecule has 4 heteroatoms. The van der Waals surface area contributed by atoms with Crippen LogP contribution in [0.25, 0.3) is 0 Å². The number of hydrogen-bond acceptors (Lipinski definition) is 3. The number of nitriles is 1. The summed E-state index contributed by atoms with van der Waals surface area (Å²) in [4.78, 5) is 12.1. The van der Waals surface area contributed by atoms with Gasteiger partial charge in [0.15, 0.2) is 0 Å². The molecule has 0 unspecified atom stereocenters. The van der Waals surface area contributed by atoms with Crippen molar-refractivity contribution in [2.24, 2.45) is 0 Å². The summed E-state index contributed by atoms with van der Waals surface area (Å²) in [6.07, 6.45) is 2.20. The Bertz CT molecular complexity index is 449. The summed E-state index contributed by atoms with van der Waals surface area (Å²) in [5.74, 6) is -0.0688. The number of carbonyl (C=O) groups is 1. The van der Waals surface area contributed by atoms with Gasteiger partial charge in [0.05, 0.1) is 11.6 Å². The highest BCUT2D eigenvalue weighted by molar-refractivity contribution is 5.99. The van der Waals surface area contributed by atoms with Crippen LogP contribution in [-0.4, -0.2) is 18.5 Å². The maximum Gasteiger partial charge on any atom is 0.253 e. The molecule has 1 aromatic rings. The van der Waals surface area contributed by atoms with Crippen molar-refractivity contribution in [3.05, 3.63) is 29.8 Å². The van der Waals surface area contributed by atoms with Crippen LogP contribution in [0.1, 0.15) is 43.5 Å². The first kappa shape index (κ1) is 15.0. The maximum atomic E-state index is 12.1. The third kappa shape index (κ3) is 5.43. The molecule has 1 rings (SSSR count). The van der Waals surface area contributed by atoms with Crippen molar-refractivity contribution in [3.8, 4) is 6.07 Å². The van der Waals surface area contributed by atoms with Gasteiger partial charge in [-0.25, -0.2) is 0 Å². The predicted molar refractivity (Wildman–Crippen MR) is 77.0 cm³/mol. The molecule has 0 spiro atoms. The summed E-state index contributed by atoms with van der Waals surface area (Å²) >= 11 is 0. The standard InChI is InChI=1S/C15H21N3O/c1-12(2)18-14-9-5-4-8-13(14)15(19)17-11-7-3-6-10-16/h4-5,8-9,12,18H,3,6-7,11H2,1-2H3,(H,17,19). The van der Waals surface area contributed by atoms with Gasteiger partial charge in [0.1, 0.15) is 0 Å². The average Bonchev–Trinajstić information content (AvgIpc) is 2.38. The predicted octanol–water partition coefficient (Wildman–Crippen LogP) is 2.93. The first-order valence-electron chi connectivity index (χ1n) is 6.66. The third-order valence-corrected chi connectivity index (χ3v) is 2.62. The molecule has 0 aliphatic heterocycles. The van der Waals surface area contributed by atoms with Crippen molar-refractivity contribution in [1.29, 1.82) is 5.26 Å². The van der Waals surface area contributed by atoms with Crippen LogP contribution in [0.4, 0.5) is 5.69 Å². The zero-order valence-corrected chi connectivity index (χ0v) is 11.6. The Kier molecular flexibility index (Phi) is 6.45. The molecule has 4 nitrogen and oxygen atoms in total. The van der Waals surface area contributed by atoms with Crippen molar-refractivity contribution in [3.63, 3.8) is 0 Å². The van der Waals surface area contributed by atoms with Crippen LogP contribution in [0.2, 0.25) is 0 Å². The monoisotopic (exact) mass is 259 g/mol. The molecule has 102 valence electrons. The number of rotatable bonds is 7. The largest absolute Gasteiger partial charge is 0.382 e. The normalized spacial score (nSPS) is 10.0. The lowest BCUT2D eigenvalue weighted by Gasteiger charge is -2.14. The highest BCUT2D eigenvalue weighted by atomic mass is 16.1. The Balaban J connectivity index is 2.54. The minimum Gasteiger partial charge on any atom is -0.382 e. The molecule has 0 saturated carbocycles. The van der Waals surface area contributed by atoms with E-state index in [2.05, 4.69) is 16.7 Å². The molecule has 19 heavy (non-hydrogen) atoms. The number of benzene rings is 1. The molecule has 0 aliphatic rings. The molecule has 0 bridgehead atoms. The summed E-state index contributed by atoms with van der Waals surface area (Å²) < 4.78 is 0. The number of para-hydroxylation sites is 1. The number of anilines is 1. The lowest BCUT2D eigenvalue weighted by molar-refractivity contribution is 0.0954. The zero-order chi connectivity index (χ0) is 14.1. The van der Waals surface area contributed by atoms with Gasteiger partial charge in [-0.05, 0) is 38.8 Å². The fourth-order valence-electron chi connectivity index (χ4n) is 1.74. The van der Waals surface area contributed by atoms with E-state index in [-0.39, 0.29) is 11.9 Å². The van der Waals surface area contributed by atoms with E-state index in [1.54, 1.807) is 0 Å². The van der Waals surface area contributed by atoms with Crippen LogP contribution < -0.4 is 10.6 Å². The first-order chi connectivity index (χ1) is 9.15. The van der Waals surface area contributed by atoms with Crippen molar-refractivity contribution in [1.82, 2.24) is 5.32 Å². The van der Waals surface area contributed by atoms with Gasteiger partial charge >= 0.3 is 0 Å². The fraction of sp³-hybridized carbons (Fsp3) is 0.467. The Morgan fingerprint density at radius 2 is 2.05 bits per heavy atom. The van der Waals surface area contributed by atoms with Gasteiger partial charge in [0.2, 0.25) is 0 Å². The Labute approximate surface area is 114 Å². The molecule has 0 atom stereocenters. The third-order valence-electron chi connectivity index (χ3n) is 2.62. The van der Waals surface area contributed by atoms with Gasteiger partial charge in [-0.2, -0.15) is 5.26 Å². The average molecular weight is 259 g/mol. The molecular formula is C15H21N3O. The maximum absolute atomic E-state index is 12.1. The second-order valence-electron chi connectivity index (χ2n) is 4.72. The van der Waals surface area contributed by atoms with Crippen molar-refractivity contribution < 1.29 is 4.79 Å². The topological polar surface area (TPSA) is 64.9 Å². The van der Waals surface area contributed by atoms with Gasteiger partial charge in [-0.15, -0.1) is 0 Å². The van der Waals surface area contributed by atoms with Crippen LogP contribution in [0.5, 0.6) is 0 Å². The molecule has 0 aromatic heterocycles. The summed E-state index contributed by atoms with van der Waals surface area (Å²) in [7, 11) is 0. The lowest BCUT2D eigenvalue weighted by atomic mass is 10.1. The number of nitrogens with zero attached hydrogens (tertiary/aromatic N) is 1.